The number of hydrogen-bond donors (Lipinski definition) is 1. The van der Waals surface area contributed by atoms with E-state index in [1.807, 2.05) is 0 Å². The normalized spacial score (nSPS) is 10.8. The number of carbonyl (C=O) groups excluding carboxylic acids is 2. The molecule has 0 bridgehead atoms. The maximum Gasteiger partial charge on any atom is 0.339 e. The summed E-state index contributed by atoms with van der Waals surface area (Å²) in [5.74, 6) is -0.103. The van der Waals surface area contributed by atoms with E-state index in [4.69, 9.17) is 20.8 Å². The lowest BCUT2D eigenvalue weighted by molar-refractivity contribution is -0.384. The summed E-state index contributed by atoms with van der Waals surface area (Å²) in [5.41, 5.74) is 3.76. The van der Waals surface area contributed by atoms with E-state index in [1.165, 1.54) is 37.6 Å². The molecule has 10 heteroatoms. The number of furan rings is 1. The van der Waals surface area contributed by atoms with E-state index >= 15 is 0 Å². The highest BCUT2D eigenvalue weighted by atomic mass is 35.5. The van der Waals surface area contributed by atoms with Gasteiger partial charge in [-0.25, -0.2) is 10.2 Å². The fourth-order valence-corrected chi connectivity index (χ4v) is 2.85. The molecule has 3 aromatic rings. The molecule has 3 rings (SSSR count). The number of esters is 1. The summed E-state index contributed by atoms with van der Waals surface area (Å²) in [6, 6.07) is 13.8. The number of halogens is 1. The zero-order valence-electron chi connectivity index (χ0n) is 16.2. The van der Waals surface area contributed by atoms with Crippen LogP contribution < -0.4 is 5.43 Å². The largest absolute Gasteiger partial charge is 0.465 e. The number of benzene rings is 2. The number of rotatable bonds is 7. The molecule has 1 N–H and O–H groups in total. The zero-order valence-corrected chi connectivity index (χ0v) is 17.0. The number of methoxy groups -OCH3 is 1. The van der Waals surface area contributed by atoms with E-state index in [0.29, 0.717) is 22.6 Å². The molecule has 2 aromatic carbocycles. The molecule has 1 amide bonds. The fourth-order valence-electron chi connectivity index (χ4n) is 2.65. The van der Waals surface area contributed by atoms with Crippen LogP contribution in [0.1, 0.15) is 21.7 Å². The van der Waals surface area contributed by atoms with Gasteiger partial charge in [0.25, 0.3) is 5.69 Å². The Kier molecular flexibility index (Phi) is 6.78. The van der Waals surface area contributed by atoms with Crippen molar-refractivity contribution in [2.45, 2.75) is 6.42 Å². The standard InChI is InChI=1S/C21H16ClN3O6/c1-30-21(27)17-11-14(4-8-18(17)22)19-9-7-16(31-19)12-23-24-20(26)10-13-2-5-15(6-3-13)25(28)29/h2-9,11-12H,10H2,1H3,(H,24,26)/b23-12-. The molecule has 0 fully saturated rings. The first-order valence-electron chi connectivity index (χ1n) is 8.90. The number of hydrogen-bond acceptors (Lipinski definition) is 7. The average molecular weight is 442 g/mol. The third-order valence-corrected chi connectivity index (χ3v) is 4.51. The number of nitro groups is 1. The molecule has 0 radical (unpaired) electrons. The maximum absolute atomic E-state index is 12.0. The molecule has 0 saturated heterocycles. The van der Waals surface area contributed by atoms with Crippen molar-refractivity contribution < 1.29 is 23.7 Å². The number of amides is 1. The van der Waals surface area contributed by atoms with Crippen LogP contribution in [0.5, 0.6) is 0 Å². The molecule has 31 heavy (non-hydrogen) atoms. The van der Waals surface area contributed by atoms with Crippen molar-refractivity contribution in [1.82, 2.24) is 5.43 Å². The highest BCUT2D eigenvalue weighted by Crippen LogP contribution is 2.27. The SMILES string of the molecule is COC(=O)c1cc(-c2ccc(/C=N\NC(=O)Cc3ccc([N+](=O)[O-])cc3)o2)ccc1Cl. The van der Waals surface area contributed by atoms with Crippen molar-refractivity contribution in [3.8, 4) is 11.3 Å². The number of carbonyl (C=O) groups is 2. The first kappa shape index (κ1) is 21.7. The van der Waals surface area contributed by atoms with Gasteiger partial charge in [-0.2, -0.15) is 5.10 Å². The Morgan fingerprint density at radius 2 is 1.94 bits per heavy atom. The number of nitrogens with one attached hydrogen (secondary N) is 1. The molecule has 0 aliphatic carbocycles. The average Bonchev–Trinajstić information content (AvgIpc) is 3.22. The van der Waals surface area contributed by atoms with Crippen LogP contribution in [-0.2, 0) is 16.0 Å². The van der Waals surface area contributed by atoms with Gasteiger partial charge >= 0.3 is 5.97 Å². The molecule has 1 heterocycles. The number of ether oxygens (including phenoxy) is 1. The topological polar surface area (TPSA) is 124 Å². The van der Waals surface area contributed by atoms with Gasteiger partial charge in [0.2, 0.25) is 5.91 Å². The smallest absolute Gasteiger partial charge is 0.339 e. The summed E-state index contributed by atoms with van der Waals surface area (Å²) in [6.07, 6.45) is 1.34. The predicted octanol–water partition coefficient (Wildman–Crippen LogP) is 3.99. The van der Waals surface area contributed by atoms with Gasteiger partial charge in [0.1, 0.15) is 11.5 Å². The number of hydrazone groups is 1. The van der Waals surface area contributed by atoms with Crippen molar-refractivity contribution in [2.75, 3.05) is 7.11 Å². The Balaban J connectivity index is 1.61. The molecular weight excluding hydrogens is 426 g/mol. The molecule has 0 spiro atoms. The van der Waals surface area contributed by atoms with Crippen LogP contribution in [0.3, 0.4) is 0 Å². The van der Waals surface area contributed by atoms with Crippen LogP contribution in [0.4, 0.5) is 5.69 Å². The first-order chi connectivity index (χ1) is 14.9. The van der Waals surface area contributed by atoms with Gasteiger partial charge in [-0.3, -0.25) is 14.9 Å². The van der Waals surface area contributed by atoms with E-state index in [0.717, 1.165) is 0 Å². The van der Waals surface area contributed by atoms with Crippen LogP contribution in [0.25, 0.3) is 11.3 Å². The van der Waals surface area contributed by atoms with E-state index in [2.05, 4.69) is 10.5 Å². The van der Waals surface area contributed by atoms with Crippen molar-refractivity contribution in [3.05, 3.63) is 86.6 Å². The van der Waals surface area contributed by atoms with E-state index in [-0.39, 0.29) is 22.7 Å². The lowest BCUT2D eigenvalue weighted by Gasteiger charge is -2.04. The second-order valence-corrected chi connectivity index (χ2v) is 6.69. The van der Waals surface area contributed by atoms with Crippen molar-refractivity contribution in [2.24, 2.45) is 5.10 Å². The lowest BCUT2D eigenvalue weighted by Crippen LogP contribution is -2.19. The molecule has 1 aromatic heterocycles. The summed E-state index contributed by atoms with van der Waals surface area (Å²) in [7, 11) is 1.27. The Bertz CT molecular complexity index is 1150. The highest BCUT2D eigenvalue weighted by Gasteiger charge is 2.14. The molecule has 0 unspecified atom stereocenters. The third-order valence-electron chi connectivity index (χ3n) is 4.18. The monoisotopic (exact) mass is 441 g/mol. The molecule has 0 aliphatic heterocycles. The Morgan fingerprint density at radius 1 is 1.19 bits per heavy atom. The van der Waals surface area contributed by atoms with Crippen molar-refractivity contribution >= 4 is 35.4 Å². The Labute approximate surface area is 181 Å². The molecule has 0 atom stereocenters. The molecule has 0 saturated carbocycles. The van der Waals surface area contributed by atoms with Crippen molar-refractivity contribution in [1.29, 1.82) is 0 Å². The zero-order chi connectivity index (χ0) is 22.4. The minimum absolute atomic E-state index is 0.0137. The third kappa shape index (κ3) is 5.55. The summed E-state index contributed by atoms with van der Waals surface area (Å²) in [6.45, 7) is 0. The van der Waals surface area contributed by atoms with E-state index in [1.54, 1.807) is 30.3 Å². The van der Waals surface area contributed by atoms with Crippen LogP contribution in [0, 0.1) is 10.1 Å². The van der Waals surface area contributed by atoms with E-state index in [9.17, 15) is 19.7 Å². The highest BCUT2D eigenvalue weighted by molar-refractivity contribution is 6.33. The first-order valence-corrected chi connectivity index (χ1v) is 9.28. The second kappa shape index (κ2) is 9.68. The fraction of sp³-hybridized carbons (Fsp3) is 0.0952. The number of nitro benzene ring substituents is 1. The van der Waals surface area contributed by atoms with Crippen LogP contribution >= 0.6 is 11.6 Å². The molecular formula is C21H16ClN3O6. The Hall–Kier alpha value is -3.98. The van der Waals surface area contributed by atoms with Crippen LogP contribution in [0.2, 0.25) is 5.02 Å². The molecule has 158 valence electrons. The predicted molar refractivity (Wildman–Crippen MR) is 113 cm³/mol. The van der Waals surface area contributed by atoms with Gasteiger partial charge in [-0.05, 0) is 35.9 Å². The Morgan fingerprint density at radius 3 is 2.61 bits per heavy atom. The van der Waals surface area contributed by atoms with Crippen LogP contribution in [-0.4, -0.2) is 30.1 Å². The number of non-ortho nitro benzene ring substituents is 1. The minimum Gasteiger partial charge on any atom is -0.465 e. The summed E-state index contributed by atoms with van der Waals surface area (Å²) < 4.78 is 10.4. The van der Waals surface area contributed by atoms with Gasteiger partial charge < -0.3 is 9.15 Å². The minimum atomic E-state index is -0.559. The number of nitrogens with zero attached hydrogens (tertiary/aromatic N) is 2. The summed E-state index contributed by atoms with van der Waals surface area (Å²) in [4.78, 5) is 33.9. The van der Waals surface area contributed by atoms with Gasteiger partial charge in [0.15, 0.2) is 0 Å². The lowest BCUT2D eigenvalue weighted by atomic mass is 10.1. The van der Waals surface area contributed by atoms with Crippen LogP contribution in [0.15, 0.2) is 64.1 Å². The van der Waals surface area contributed by atoms with Gasteiger partial charge in [0, 0.05) is 17.7 Å². The van der Waals surface area contributed by atoms with Gasteiger partial charge in [-0.15, -0.1) is 0 Å². The molecule has 0 aliphatic rings. The summed E-state index contributed by atoms with van der Waals surface area (Å²) in [5, 5.41) is 14.8. The van der Waals surface area contributed by atoms with Gasteiger partial charge in [-0.1, -0.05) is 23.7 Å². The quantitative estimate of drug-likeness (QED) is 0.256. The van der Waals surface area contributed by atoms with Gasteiger partial charge in [0.05, 0.1) is 35.3 Å². The van der Waals surface area contributed by atoms with Crippen molar-refractivity contribution in [3.63, 3.8) is 0 Å². The second-order valence-electron chi connectivity index (χ2n) is 6.28. The summed E-state index contributed by atoms with van der Waals surface area (Å²) >= 11 is 6.02. The maximum atomic E-state index is 12.0. The molecule has 9 nitrogen and oxygen atoms in total. The van der Waals surface area contributed by atoms with E-state index < -0.39 is 16.8 Å².